The van der Waals surface area contributed by atoms with E-state index in [-0.39, 0.29) is 25.1 Å². The second-order valence-electron chi connectivity index (χ2n) is 4.50. The highest BCUT2D eigenvalue weighted by Gasteiger charge is 2.40. The Hall–Kier alpha value is -0.700. The summed E-state index contributed by atoms with van der Waals surface area (Å²) in [5.74, 6) is -1.29. The highest BCUT2D eigenvalue weighted by atomic mass is 32.2. The topological polar surface area (TPSA) is 113 Å². The quantitative estimate of drug-likeness (QED) is 0.569. The molecule has 1 fully saturated rings. The third-order valence-corrected chi connectivity index (χ3v) is 4.47. The third kappa shape index (κ3) is 4.52. The molecule has 1 aliphatic rings. The van der Waals surface area contributed by atoms with Gasteiger partial charge in [0.1, 0.15) is 5.60 Å². The summed E-state index contributed by atoms with van der Waals surface area (Å²) in [6.45, 7) is 1.98. The van der Waals surface area contributed by atoms with Gasteiger partial charge in [-0.1, -0.05) is 0 Å². The van der Waals surface area contributed by atoms with Gasteiger partial charge in [-0.3, -0.25) is 4.79 Å². The summed E-state index contributed by atoms with van der Waals surface area (Å²) in [7, 11) is -3.56. The number of aliphatic hydroxyl groups is 1. The van der Waals surface area contributed by atoms with Crippen LogP contribution in [-0.4, -0.2) is 55.2 Å². The second-order valence-corrected chi connectivity index (χ2v) is 6.43. The molecular weight excluding hydrogens is 262 g/mol. The lowest BCUT2D eigenvalue weighted by atomic mass is 9.97. The highest BCUT2D eigenvalue weighted by Crippen LogP contribution is 2.24. The SMILES string of the molecule is CC1OCCC1(O)CNS(=O)(=O)CCCC(=O)O. The first kappa shape index (κ1) is 15.4. The van der Waals surface area contributed by atoms with Crippen molar-refractivity contribution in [1.82, 2.24) is 4.72 Å². The molecule has 1 rings (SSSR count). The lowest BCUT2D eigenvalue weighted by Crippen LogP contribution is -2.47. The third-order valence-electron chi connectivity index (χ3n) is 3.06. The summed E-state index contributed by atoms with van der Waals surface area (Å²) in [4.78, 5) is 10.3. The monoisotopic (exact) mass is 281 g/mol. The maximum Gasteiger partial charge on any atom is 0.303 e. The summed E-state index contributed by atoms with van der Waals surface area (Å²) in [6, 6.07) is 0. The molecule has 106 valence electrons. The van der Waals surface area contributed by atoms with Crippen LogP contribution in [0.5, 0.6) is 0 Å². The van der Waals surface area contributed by atoms with E-state index >= 15 is 0 Å². The number of aliphatic carboxylic acids is 1. The minimum atomic E-state index is -3.56. The Kier molecular flexibility index (Phi) is 5.09. The molecule has 2 atom stereocenters. The van der Waals surface area contributed by atoms with Gasteiger partial charge in [0.2, 0.25) is 10.0 Å². The van der Waals surface area contributed by atoms with Gasteiger partial charge in [-0.05, 0) is 13.3 Å². The molecule has 1 saturated heterocycles. The van der Waals surface area contributed by atoms with Crippen molar-refractivity contribution in [2.75, 3.05) is 18.9 Å². The highest BCUT2D eigenvalue weighted by molar-refractivity contribution is 7.89. The van der Waals surface area contributed by atoms with Gasteiger partial charge in [0.25, 0.3) is 0 Å². The van der Waals surface area contributed by atoms with Crippen LogP contribution in [0.15, 0.2) is 0 Å². The van der Waals surface area contributed by atoms with E-state index in [1.165, 1.54) is 0 Å². The van der Waals surface area contributed by atoms with E-state index in [0.717, 1.165) is 0 Å². The van der Waals surface area contributed by atoms with E-state index in [0.29, 0.717) is 13.0 Å². The number of carboxylic acid groups (broad SMARTS) is 1. The fraction of sp³-hybridized carbons (Fsp3) is 0.900. The van der Waals surface area contributed by atoms with Crippen molar-refractivity contribution in [1.29, 1.82) is 0 Å². The van der Waals surface area contributed by atoms with Crippen LogP contribution in [-0.2, 0) is 19.6 Å². The van der Waals surface area contributed by atoms with Gasteiger partial charge in [-0.2, -0.15) is 0 Å². The van der Waals surface area contributed by atoms with Crippen LogP contribution in [0.1, 0.15) is 26.2 Å². The van der Waals surface area contributed by atoms with Crippen LogP contribution < -0.4 is 4.72 Å². The standard InChI is InChI=1S/C10H19NO6S/c1-8-10(14,4-5-17-8)7-11-18(15,16)6-2-3-9(12)13/h8,11,14H,2-7H2,1H3,(H,12,13). The molecule has 3 N–H and O–H groups in total. The zero-order valence-corrected chi connectivity index (χ0v) is 11.1. The van der Waals surface area contributed by atoms with E-state index in [9.17, 15) is 18.3 Å². The molecule has 8 heteroatoms. The molecule has 0 aromatic heterocycles. The van der Waals surface area contributed by atoms with Crippen LogP contribution in [0.2, 0.25) is 0 Å². The molecule has 1 aliphatic heterocycles. The first-order valence-corrected chi connectivity index (χ1v) is 7.43. The maximum absolute atomic E-state index is 11.6. The Morgan fingerprint density at radius 2 is 2.22 bits per heavy atom. The average Bonchev–Trinajstić information content (AvgIpc) is 2.57. The van der Waals surface area contributed by atoms with Gasteiger partial charge in [-0.15, -0.1) is 0 Å². The number of rotatable bonds is 7. The van der Waals surface area contributed by atoms with Crippen LogP contribution in [0.4, 0.5) is 0 Å². The number of hydrogen-bond donors (Lipinski definition) is 3. The summed E-state index contributed by atoms with van der Waals surface area (Å²) in [5, 5.41) is 18.5. The Balaban J connectivity index is 2.39. The van der Waals surface area contributed by atoms with Crippen LogP contribution in [0.25, 0.3) is 0 Å². The molecule has 0 aromatic rings. The molecule has 0 aliphatic carbocycles. The fourth-order valence-electron chi connectivity index (χ4n) is 1.72. The van der Waals surface area contributed by atoms with Crippen molar-refractivity contribution < 1.29 is 28.2 Å². The van der Waals surface area contributed by atoms with E-state index in [4.69, 9.17) is 9.84 Å². The first-order valence-electron chi connectivity index (χ1n) is 5.78. The van der Waals surface area contributed by atoms with Gasteiger partial charge < -0.3 is 14.9 Å². The van der Waals surface area contributed by atoms with E-state index < -0.39 is 27.7 Å². The normalized spacial score (nSPS) is 28.4. The van der Waals surface area contributed by atoms with Gasteiger partial charge in [0, 0.05) is 26.0 Å². The molecular formula is C10H19NO6S. The second kappa shape index (κ2) is 5.96. The number of carbonyl (C=O) groups is 1. The molecule has 7 nitrogen and oxygen atoms in total. The zero-order chi connectivity index (χ0) is 13.8. The van der Waals surface area contributed by atoms with Crippen LogP contribution in [0.3, 0.4) is 0 Å². The lowest BCUT2D eigenvalue weighted by molar-refractivity contribution is -0.137. The Morgan fingerprint density at radius 3 is 2.72 bits per heavy atom. The van der Waals surface area contributed by atoms with Crippen LogP contribution >= 0.6 is 0 Å². The predicted octanol–water partition coefficient (Wildman–Crippen LogP) is -0.689. The van der Waals surface area contributed by atoms with Gasteiger partial charge in [-0.25, -0.2) is 13.1 Å². The summed E-state index contributed by atoms with van der Waals surface area (Å²) in [5.41, 5.74) is -1.18. The molecule has 0 spiro atoms. The molecule has 0 aromatic carbocycles. The first-order chi connectivity index (χ1) is 8.25. The number of hydrogen-bond acceptors (Lipinski definition) is 5. The minimum absolute atomic E-state index is 0.0507. The molecule has 0 radical (unpaired) electrons. The van der Waals surface area contributed by atoms with Crippen molar-refractivity contribution in [3.63, 3.8) is 0 Å². The fourth-order valence-corrected chi connectivity index (χ4v) is 2.86. The minimum Gasteiger partial charge on any atom is -0.481 e. The van der Waals surface area contributed by atoms with E-state index in [1.54, 1.807) is 6.92 Å². The average molecular weight is 281 g/mol. The molecule has 0 saturated carbocycles. The Bertz CT molecular complexity index is 395. The lowest BCUT2D eigenvalue weighted by Gasteiger charge is -2.26. The number of sulfonamides is 1. The van der Waals surface area contributed by atoms with Crippen molar-refractivity contribution in [2.45, 2.75) is 37.9 Å². The maximum atomic E-state index is 11.6. The number of ether oxygens (including phenoxy) is 1. The van der Waals surface area contributed by atoms with Gasteiger partial charge in [0.15, 0.2) is 0 Å². The Labute approximate surface area is 106 Å². The number of carboxylic acids is 1. The number of nitrogens with one attached hydrogen (secondary N) is 1. The molecule has 0 amide bonds. The molecule has 1 heterocycles. The summed E-state index contributed by atoms with van der Waals surface area (Å²) < 4.78 is 30.6. The summed E-state index contributed by atoms with van der Waals surface area (Å²) in [6.07, 6.45) is -0.176. The van der Waals surface area contributed by atoms with E-state index in [2.05, 4.69) is 4.72 Å². The van der Waals surface area contributed by atoms with Crippen molar-refractivity contribution in [2.24, 2.45) is 0 Å². The van der Waals surface area contributed by atoms with E-state index in [1.807, 2.05) is 0 Å². The molecule has 2 unspecified atom stereocenters. The van der Waals surface area contributed by atoms with Crippen molar-refractivity contribution in [3.05, 3.63) is 0 Å². The Morgan fingerprint density at radius 1 is 1.56 bits per heavy atom. The van der Waals surface area contributed by atoms with Gasteiger partial charge >= 0.3 is 5.97 Å². The molecule has 18 heavy (non-hydrogen) atoms. The van der Waals surface area contributed by atoms with Crippen molar-refractivity contribution in [3.8, 4) is 0 Å². The van der Waals surface area contributed by atoms with Crippen LogP contribution in [0, 0.1) is 0 Å². The molecule has 0 bridgehead atoms. The van der Waals surface area contributed by atoms with Crippen molar-refractivity contribution >= 4 is 16.0 Å². The van der Waals surface area contributed by atoms with Gasteiger partial charge in [0.05, 0.1) is 11.9 Å². The summed E-state index contributed by atoms with van der Waals surface area (Å²) >= 11 is 0. The predicted molar refractivity (Wildman–Crippen MR) is 63.6 cm³/mol. The smallest absolute Gasteiger partial charge is 0.303 e. The zero-order valence-electron chi connectivity index (χ0n) is 10.3. The largest absolute Gasteiger partial charge is 0.481 e.